The fourth-order valence-corrected chi connectivity index (χ4v) is 3.42. The van der Waals surface area contributed by atoms with Gasteiger partial charge in [0.05, 0.1) is 6.10 Å². The summed E-state index contributed by atoms with van der Waals surface area (Å²) in [4.78, 5) is 4.26. The molecule has 0 unspecified atom stereocenters. The minimum atomic E-state index is 0.265. The summed E-state index contributed by atoms with van der Waals surface area (Å²) < 4.78 is 6.33. The summed E-state index contributed by atoms with van der Waals surface area (Å²) in [7, 11) is 0. The van der Waals surface area contributed by atoms with E-state index in [1.54, 1.807) is 0 Å². The average Bonchev–Trinajstić information content (AvgIpc) is 2.57. The van der Waals surface area contributed by atoms with E-state index in [0.29, 0.717) is 12.1 Å². The van der Waals surface area contributed by atoms with E-state index in [1.165, 1.54) is 5.39 Å². The van der Waals surface area contributed by atoms with Crippen LogP contribution in [0.15, 0.2) is 30.6 Å². The highest BCUT2D eigenvalue weighted by Gasteiger charge is 2.22. The fraction of sp³-hybridized carbons (Fsp3) is 0.526. The first kappa shape index (κ1) is 16.2. The Morgan fingerprint density at radius 1 is 1.22 bits per heavy atom. The molecule has 1 aromatic carbocycles. The van der Waals surface area contributed by atoms with Gasteiger partial charge in [-0.15, -0.1) is 0 Å². The molecule has 0 saturated heterocycles. The van der Waals surface area contributed by atoms with Crippen LogP contribution >= 0.6 is 0 Å². The number of hydrogen-bond donors (Lipinski definition) is 2. The zero-order chi connectivity index (χ0) is 16.1. The smallest absolute Gasteiger partial charge is 0.127 e. The summed E-state index contributed by atoms with van der Waals surface area (Å²) in [5.41, 5.74) is 1.16. The second-order valence-corrected chi connectivity index (χ2v) is 6.43. The number of ether oxygens (including phenoxy) is 1. The number of fused-ring (bicyclic) bond motifs is 1. The van der Waals surface area contributed by atoms with Gasteiger partial charge in [0.2, 0.25) is 0 Å². The van der Waals surface area contributed by atoms with Crippen molar-refractivity contribution in [3.8, 4) is 5.75 Å². The maximum atomic E-state index is 8.85. The highest BCUT2D eigenvalue weighted by Crippen LogP contribution is 2.31. The number of aromatic nitrogens is 1. The van der Waals surface area contributed by atoms with Gasteiger partial charge in [-0.3, -0.25) is 4.98 Å². The minimum Gasteiger partial charge on any atom is -0.490 e. The van der Waals surface area contributed by atoms with E-state index < -0.39 is 0 Å². The van der Waals surface area contributed by atoms with Crippen molar-refractivity contribution in [1.82, 2.24) is 10.3 Å². The van der Waals surface area contributed by atoms with Crippen molar-refractivity contribution in [2.75, 3.05) is 13.2 Å². The molecule has 1 aliphatic carbocycles. The molecular weight excluding hydrogens is 288 g/mol. The Kier molecular flexibility index (Phi) is 5.47. The molecule has 124 valence electrons. The molecule has 0 spiro atoms. The Morgan fingerprint density at radius 3 is 2.83 bits per heavy atom. The van der Waals surface area contributed by atoms with Gasteiger partial charge >= 0.3 is 0 Å². The molecule has 23 heavy (non-hydrogen) atoms. The third kappa shape index (κ3) is 4.01. The second-order valence-electron chi connectivity index (χ2n) is 6.43. The van der Waals surface area contributed by atoms with E-state index in [-0.39, 0.29) is 6.61 Å². The lowest BCUT2D eigenvalue weighted by Crippen LogP contribution is -2.37. The molecule has 1 fully saturated rings. The first-order valence-electron chi connectivity index (χ1n) is 8.62. The fourth-order valence-electron chi connectivity index (χ4n) is 3.42. The molecule has 1 heterocycles. The molecule has 2 N–H and O–H groups in total. The van der Waals surface area contributed by atoms with Gasteiger partial charge < -0.3 is 15.2 Å². The Morgan fingerprint density at radius 2 is 2.04 bits per heavy atom. The number of aliphatic hydroxyl groups excluding tert-OH is 1. The average molecular weight is 314 g/mol. The largest absolute Gasteiger partial charge is 0.490 e. The topological polar surface area (TPSA) is 54.4 Å². The van der Waals surface area contributed by atoms with Crippen LogP contribution in [-0.2, 0) is 0 Å². The van der Waals surface area contributed by atoms with Crippen LogP contribution in [0.5, 0.6) is 5.75 Å². The van der Waals surface area contributed by atoms with Crippen LogP contribution in [0.1, 0.15) is 37.7 Å². The maximum Gasteiger partial charge on any atom is 0.127 e. The van der Waals surface area contributed by atoms with Crippen LogP contribution in [0.25, 0.3) is 10.8 Å². The van der Waals surface area contributed by atoms with E-state index in [9.17, 15) is 0 Å². The number of aryl methyl sites for hydroxylation is 1. The zero-order valence-corrected chi connectivity index (χ0v) is 13.8. The third-order valence-electron chi connectivity index (χ3n) is 4.67. The molecule has 0 atom stereocenters. The number of rotatable bonds is 6. The van der Waals surface area contributed by atoms with Gasteiger partial charge in [0.25, 0.3) is 0 Å². The van der Waals surface area contributed by atoms with Crippen molar-refractivity contribution >= 4 is 10.8 Å². The Bertz CT molecular complexity index is 631. The molecule has 1 saturated carbocycles. The third-order valence-corrected chi connectivity index (χ3v) is 4.67. The van der Waals surface area contributed by atoms with Gasteiger partial charge in [-0.2, -0.15) is 0 Å². The quantitative estimate of drug-likeness (QED) is 0.804. The number of aliphatic hydroxyl groups is 1. The van der Waals surface area contributed by atoms with Gasteiger partial charge in [0.15, 0.2) is 0 Å². The lowest BCUT2D eigenvalue weighted by atomic mass is 9.92. The molecule has 0 aliphatic heterocycles. The molecule has 4 heteroatoms. The van der Waals surface area contributed by atoms with Gasteiger partial charge in [0.1, 0.15) is 5.75 Å². The minimum absolute atomic E-state index is 0.265. The number of hydrogen-bond acceptors (Lipinski definition) is 4. The number of pyridine rings is 1. The zero-order valence-electron chi connectivity index (χ0n) is 13.8. The highest BCUT2D eigenvalue weighted by atomic mass is 16.5. The van der Waals surface area contributed by atoms with Crippen LogP contribution in [0.2, 0.25) is 0 Å². The van der Waals surface area contributed by atoms with Crippen LogP contribution in [0.4, 0.5) is 0 Å². The Hall–Kier alpha value is -1.65. The Labute approximate surface area is 137 Å². The first-order valence-corrected chi connectivity index (χ1v) is 8.62. The number of nitrogens with one attached hydrogen (secondary N) is 1. The molecule has 0 amide bonds. The molecule has 1 aliphatic rings. The van der Waals surface area contributed by atoms with Gasteiger partial charge in [-0.05, 0) is 57.2 Å². The Balaban J connectivity index is 1.61. The lowest BCUT2D eigenvalue weighted by Gasteiger charge is -2.30. The van der Waals surface area contributed by atoms with Gasteiger partial charge in [-0.25, -0.2) is 0 Å². The van der Waals surface area contributed by atoms with Crippen molar-refractivity contribution in [3.05, 3.63) is 36.2 Å². The SMILES string of the molecule is Cc1cncc2cccc(O[C@H]3CC[C@@H](NCCCO)CC3)c12. The molecule has 0 bridgehead atoms. The summed E-state index contributed by atoms with van der Waals surface area (Å²) in [6, 6.07) is 6.77. The van der Waals surface area contributed by atoms with Gasteiger partial charge in [0, 0.05) is 35.8 Å². The van der Waals surface area contributed by atoms with E-state index in [0.717, 1.165) is 55.3 Å². The summed E-state index contributed by atoms with van der Waals surface area (Å²) >= 11 is 0. The molecule has 0 radical (unpaired) electrons. The van der Waals surface area contributed by atoms with Crippen molar-refractivity contribution in [1.29, 1.82) is 0 Å². The summed E-state index contributed by atoms with van der Waals surface area (Å²) in [5.74, 6) is 0.985. The van der Waals surface area contributed by atoms with Crippen LogP contribution in [-0.4, -0.2) is 35.4 Å². The molecule has 2 aromatic rings. The van der Waals surface area contributed by atoms with Crippen molar-refractivity contribution in [2.45, 2.75) is 51.2 Å². The standard InChI is InChI=1S/C19H26N2O2/c1-14-12-20-13-15-4-2-5-18(19(14)15)23-17-8-6-16(7-9-17)21-10-3-11-22/h2,4-5,12-13,16-17,21-22H,3,6-11H2,1H3/t16-,17+. The second kappa shape index (κ2) is 7.75. The molecule has 4 nitrogen and oxygen atoms in total. The monoisotopic (exact) mass is 314 g/mol. The summed E-state index contributed by atoms with van der Waals surface area (Å²) in [5, 5.41) is 14.7. The summed E-state index contributed by atoms with van der Waals surface area (Å²) in [6.45, 7) is 3.26. The lowest BCUT2D eigenvalue weighted by molar-refractivity contribution is 0.140. The number of nitrogens with zero attached hydrogens (tertiary/aromatic N) is 1. The van der Waals surface area contributed by atoms with Crippen molar-refractivity contribution in [2.24, 2.45) is 0 Å². The van der Waals surface area contributed by atoms with E-state index in [2.05, 4.69) is 29.4 Å². The van der Waals surface area contributed by atoms with Crippen molar-refractivity contribution < 1.29 is 9.84 Å². The molecule has 3 rings (SSSR count). The van der Waals surface area contributed by atoms with Crippen LogP contribution in [0.3, 0.4) is 0 Å². The van der Waals surface area contributed by atoms with Crippen molar-refractivity contribution in [3.63, 3.8) is 0 Å². The maximum absolute atomic E-state index is 8.85. The molecular formula is C19H26N2O2. The van der Waals surface area contributed by atoms with Crippen LogP contribution in [0, 0.1) is 6.92 Å². The summed E-state index contributed by atoms with van der Waals surface area (Å²) in [6.07, 6.45) is 9.37. The normalized spacial score (nSPS) is 21.5. The van der Waals surface area contributed by atoms with E-state index >= 15 is 0 Å². The predicted molar refractivity (Wildman–Crippen MR) is 92.9 cm³/mol. The first-order chi connectivity index (χ1) is 11.3. The van der Waals surface area contributed by atoms with E-state index in [1.807, 2.05) is 18.5 Å². The number of benzene rings is 1. The van der Waals surface area contributed by atoms with Gasteiger partial charge in [-0.1, -0.05) is 12.1 Å². The highest BCUT2D eigenvalue weighted by molar-refractivity contribution is 5.90. The molecule has 1 aromatic heterocycles. The predicted octanol–water partition coefficient (Wildman–Crippen LogP) is 3.21. The van der Waals surface area contributed by atoms with E-state index in [4.69, 9.17) is 9.84 Å². The van der Waals surface area contributed by atoms with Crippen LogP contribution < -0.4 is 10.1 Å².